The number of thioether (sulfide) groups is 1. The lowest BCUT2D eigenvalue weighted by Crippen LogP contribution is -2.34. The van der Waals surface area contributed by atoms with Crippen LogP contribution >= 0.6 is 23.1 Å². The normalized spacial score (nSPS) is 10.9. The molecule has 0 aromatic carbocycles. The number of fused-ring (bicyclic) bond motifs is 1. The van der Waals surface area contributed by atoms with Crippen LogP contribution in [-0.2, 0) is 0 Å². The molecule has 0 aliphatic carbocycles. The first kappa shape index (κ1) is 15.1. The van der Waals surface area contributed by atoms with E-state index in [1.165, 1.54) is 27.5 Å². The molecule has 5 nitrogen and oxygen atoms in total. The molecule has 0 saturated carbocycles. The summed E-state index contributed by atoms with van der Waals surface area (Å²) in [5.41, 5.74) is -0.0937. The Bertz CT molecular complexity index is 678. The van der Waals surface area contributed by atoms with Crippen molar-refractivity contribution in [3.05, 3.63) is 27.5 Å². The third-order valence-electron chi connectivity index (χ3n) is 2.83. The van der Waals surface area contributed by atoms with Crippen LogP contribution in [0.2, 0.25) is 0 Å². The number of aromatic nitrogens is 2. The number of carbonyl (C=O) groups is 1. The lowest BCUT2D eigenvalue weighted by Gasteiger charge is -2.17. The molecule has 0 fully saturated rings. The van der Waals surface area contributed by atoms with Crippen molar-refractivity contribution in [3.63, 3.8) is 0 Å². The zero-order valence-corrected chi connectivity index (χ0v) is 13.4. The molecule has 1 amide bonds. The van der Waals surface area contributed by atoms with Crippen LogP contribution in [0.3, 0.4) is 0 Å². The van der Waals surface area contributed by atoms with Gasteiger partial charge in [-0.15, -0.1) is 23.1 Å². The van der Waals surface area contributed by atoms with Gasteiger partial charge in [0.2, 0.25) is 0 Å². The Balaban J connectivity index is 2.59. The van der Waals surface area contributed by atoms with Crippen LogP contribution < -0.4 is 5.56 Å². The Hall–Kier alpha value is -1.34. The molecule has 0 bridgehead atoms. The summed E-state index contributed by atoms with van der Waals surface area (Å²) in [7, 11) is 1.72. The van der Waals surface area contributed by atoms with Gasteiger partial charge in [0, 0.05) is 25.2 Å². The van der Waals surface area contributed by atoms with Crippen molar-refractivity contribution in [2.45, 2.75) is 25.3 Å². The highest BCUT2D eigenvalue weighted by atomic mass is 32.2. The van der Waals surface area contributed by atoms with Crippen LogP contribution in [0.5, 0.6) is 0 Å². The smallest absolute Gasteiger partial charge is 0.272 e. The third kappa shape index (κ3) is 2.73. The molecule has 2 aromatic heterocycles. The molecule has 0 unspecified atom stereocenters. The Morgan fingerprint density at radius 1 is 1.50 bits per heavy atom. The maximum absolute atomic E-state index is 12.5. The molecule has 0 N–H and O–H groups in total. The van der Waals surface area contributed by atoms with Gasteiger partial charge in [0.25, 0.3) is 11.5 Å². The molecule has 0 aliphatic heterocycles. The summed E-state index contributed by atoms with van der Waals surface area (Å²) in [5.74, 6) is 0.520. The second kappa shape index (κ2) is 6.41. The first-order chi connectivity index (χ1) is 9.60. The molecule has 7 heteroatoms. The van der Waals surface area contributed by atoms with Gasteiger partial charge in [0.05, 0.1) is 0 Å². The van der Waals surface area contributed by atoms with E-state index in [0.717, 1.165) is 12.2 Å². The van der Waals surface area contributed by atoms with Crippen molar-refractivity contribution in [3.8, 4) is 0 Å². The zero-order valence-electron chi connectivity index (χ0n) is 11.8. The molecule has 2 heterocycles. The molecule has 0 spiro atoms. The maximum atomic E-state index is 12.5. The number of thiazole rings is 1. The minimum atomic E-state index is -0.278. The minimum Gasteiger partial charge on any atom is -0.341 e. The Labute approximate surface area is 125 Å². The van der Waals surface area contributed by atoms with Crippen molar-refractivity contribution >= 4 is 34.0 Å². The fourth-order valence-electron chi connectivity index (χ4n) is 1.91. The predicted molar refractivity (Wildman–Crippen MR) is 83.0 cm³/mol. The van der Waals surface area contributed by atoms with Gasteiger partial charge < -0.3 is 4.90 Å². The van der Waals surface area contributed by atoms with E-state index in [-0.39, 0.29) is 17.0 Å². The highest BCUT2D eigenvalue weighted by molar-refractivity contribution is 7.99. The van der Waals surface area contributed by atoms with Crippen LogP contribution in [0.1, 0.15) is 30.6 Å². The van der Waals surface area contributed by atoms with Gasteiger partial charge in [-0.25, -0.2) is 4.98 Å². The first-order valence-electron chi connectivity index (χ1n) is 6.48. The van der Waals surface area contributed by atoms with Gasteiger partial charge in [-0.3, -0.25) is 14.0 Å². The fourth-order valence-corrected chi connectivity index (χ4v) is 3.42. The van der Waals surface area contributed by atoms with E-state index in [2.05, 4.69) is 4.98 Å². The number of nitrogens with zero attached hydrogens (tertiary/aromatic N) is 3. The van der Waals surface area contributed by atoms with Crippen LogP contribution in [0.4, 0.5) is 0 Å². The predicted octanol–water partition coefficient (Wildman–Crippen LogP) is 2.35. The van der Waals surface area contributed by atoms with Crippen LogP contribution in [0.25, 0.3) is 4.96 Å². The van der Waals surface area contributed by atoms with E-state index in [1.54, 1.807) is 23.5 Å². The standard InChI is InChI=1S/C13H17N3O2S2/c1-4-6-15(3)11(17)9-10(19-5-2)14-13-16(12(9)18)7-8-20-13/h7-8H,4-6H2,1-3H3. The molecule has 0 radical (unpaired) electrons. The maximum Gasteiger partial charge on any atom is 0.272 e. The number of hydrogen-bond acceptors (Lipinski definition) is 5. The van der Waals surface area contributed by atoms with Crippen molar-refractivity contribution in [1.29, 1.82) is 0 Å². The summed E-state index contributed by atoms with van der Waals surface area (Å²) in [4.78, 5) is 31.6. The zero-order chi connectivity index (χ0) is 14.7. The highest BCUT2D eigenvalue weighted by Gasteiger charge is 2.23. The summed E-state index contributed by atoms with van der Waals surface area (Å²) in [6, 6.07) is 0. The van der Waals surface area contributed by atoms with E-state index >= 15 is 0 Å². The first-order valence-corrected chi connectivity index (χ1v) is 8.34. The van der Waals surface area contributed by atoms with E-state index in [1.807, 2.05) is 13.8 Å². The molecule has 0 saturated heterocycles. The van der Waals surface area contributed by atoms with Crippen LogP contribution in [0.15, 0.2) is 21.4 Å². The summed E-state index contributed by atoms with van der Waals surface area (Å²) in [5, 5.41) is 2.33. The SMILES string of the molecule is CCCN(C)C(=O)c1c(SCC)nc2sccn2c1=O. The van der Waals surface area contributed by atoms with E-state index in [4.69, 9.17) is 0 Å². The quantitative estimate of drug-likeness (QED) is 0.628. The van der Waals surface area contributed by atoms with Crippen LogP contribution in [-0.4, -0.2) is 39.5 Å². The monoisotopic (exact) mass is 311 g/mol. The molecule has 20 heavy (non-hydrogen) atoms. The topological polar surface area (TPSA) is 54.7 Å². The third-order valence-corrected chi connectivity index (χ3v) is 4.45. The number of hydrogen-bond donors (Lipinski definition) is 0. The molecule has 2 aromatic rings. The molecule has 2 rings (SSSR count). The van der Waals surface area contributed by atoms with Crippen molar-refractivity contribution in [2.24, 2.45) is 0 Å². The lowest BCUT2D eigenvalue weighted by atomic mass is 10.3. The Morgan fingerprint density at radius 2 is 2.25 bits per heavy atom. The Morgan fingerprint density at radius 3 is 2.90 bits per heavy atom. The summed E-state index contributed by atoms with van der Waals surface area (Å²) >= 11 is 2.83. The van der Waals surface area contributed by atoms with Crippen molar-refractivity contribution in [2.75, 3.05) is 19.3 Å². The van der Waals surface area contributed by atoms with Crippen molar-refractivity contribution < 1.29 is 4.79 Å². The fraction of sp³-hybridized carbons (Fsp3) is 0.462. The van der Waals surface area contributed by atoms with E-state index in [9.17, 15) is 9.59 Å². The second-order valence-electron chi connectivity index (χ2n) is 4.31. The summed E-state index contributed by atoms with van der Waals surface area (Å²) in [6.07, 6.45) is 2.51. The number of rotatable bonds is 5. The van der Waals surface area contributed by atoms with Gasteiger partial charge in [-0.05, 0) is 12.2 Å². The lowest BCUT2D eigenvalue weighted by molar-refractivity contribution is 0.0789. The molecule has 108 valence electrons. The van der Waals surface area contributed by atoms with E-state index < -0.39 is 0 Å². The number of carbonyl (C=O) groups excluding carboxylic acids is 1. The van der Waals surface area contributed by atoms with Gasteiger partial charge in [0.1, 0.15) is 10.6 Å². The summed E-state index contributed by atoms with van der Waals surface area (Å²) < 4.78 is 1.44. The van der Waals surface area contributed by atoms with E-state index in [0.29, 0.717) is 16.5 Å². The van der Waals surface area contributed by atoms with Gasteiger partial charge in [0.15, 0.2) is 4.96 Å². The molecule has 0 atom stereocenters. The summed E-state index contributed by atoms with van der Waals surface area (Å²) in [6.45, 7) is 4.60. The number of amides is 1. The highest BCUT2D eigenvalue weighted by Crippen LogP contribution is 2.21. The average Bonchev–Trinajstić information content (AvgIpc) is 2.87. The minimum absolute atomic E-state index is 0.184. The van der Waals surface area contributed by atoms with Crippen molar-refractivity contribution in [1.82, 2.24) is 14.3 Å². The molecule has 0 aliphatic rings. The van der Waals surface area contributed by atoms with Gasteiger partial charge in [-0.1, -0.05) is 13.8 Å². The second-order valence-corrected chi connectivity index (χ2v) is 6.44. The molecular weight excluding hydrogens is 294 g/mol. The average molecular weight is 311 g/mol. The van der Waals surface area contributed by atoms with Crippen LogP contribution in [0, 0.1) is 0 Å². The van der Waals surface area contributed by atoms with Gasteiger partial charge >= 0.3 is 0 Å². The largest absolute Gasteiger partial charge is 0.341 e. The molecular formula is C13H17N3O2S2. The Kier molecular flexibility index (Phi) is 4.82. The van der Waals surface area contributed by atoms with Gasteiger partial charge in [-0.2, -0.15) is 0 Å².